The number of sulfonamides is 1. The number of likely N-dealkylation sites (tertiary alicyclic amines) is 1. The highest BCUT2D eigenvalue weighted by molar-refractivity contribution is 7.89. The first-order valence-corrected chi connectivity index (χ1v) is 10.7. The van der Waals surface area contributed by atoms with Crippen LogP contribution in [0, 0.1) is 11.8 Å². The molecule has 2 fully saturated rings. The molecule has 2 aliphatic heterocycles. The molecule has 6 heteroatoms. The number of benzene rings is 1. The Bertz CT molecular complexity index is 649. The van der Waals surface area contributed by atoms with E-state index in [-0.39, 0.29) is 0 Å². The van der Waals surface area contributed by atoms with Gasteiger partial charge in [-0.1, -0.05) is 24.6 Å². The lowest BCUT2D eigenvalue weighted by Gasteiger charge is -2.36. The second-order valence-electron chi connectivity index (χ2n) is 7.29. The van der Waals surface area contributed by atoms with E-state index < -0.39 is 10.0 Å². The molecule has 0 aromatic heterocycles. The Kier molecular flexibility index (Phi) is 5.85. The van der Waals surface area contributed by atoms with E-state index in [0.717, 1.165) is 25.3 Å². The third-order valence-electron chi connectivity index (χ3n) is 5.40. The van der Waals surface area contributed by atoms with E-state index in [0.29, 0.717) is 28.9 Å². The Morgan fingerprint density at radius 2 is 1.75 bits per heavy atom. The lowest BCUT2D eigenvalue weighted by atomic mass is 9.94. The van der Waals surface area contributed by atoms with Crippen LogP contribution in [0.3, 0.4) is 0 Å². The zero-order valence-corrected chi connectivity index (χ0v) is 15.9. The maximum atomic E-state index is 12.7. The summed E-state index contributed by atoms with van der Waals surface area (Å²) in [7, 11) is -3.41. The predicted octanol–water partition coefficient (Wildman–Crippen LogP) is 3.47. The van der Waals surface area contributed by atoms with Gasteiger partial charge in [0.2, 0.25) is 10.0 Å². The summed E-state index contributed by atoms with van der Waals surface area (Å²) in [6, 6.07) is 6.56. The Balaban J connectivity index is 1.55. The molecule has 2 heterocycles. The summed E-state index contributed by atoms with van der Waals surface area (Å²) in [4.78, 5) is 2.87. The molecule has 24 heavy (non-hydrogen) atoms. The molecule has 1 aromatic rings. The highest BCUT2D eigenvalue weighted by Crippen LogP contribution is 2.27. The van der Waals surface area contributed by atoms with Gasteiger partial charge in [-0.2, -0.15) is 4.31 Å². The Morgan fingerprint density at radius 3 is 2.38 bits per heavy atom. The van der Waals surface area contributed by atoms with Crippen molar-refractivity contribution < 1.29 is 8.42 Å². The van der Waals surface area contributed by atoms with Crippen molar-refractivity contribution in [3.63, 3.8) is 0 Å². The van der Waals surface area contributed by atoms with Gasteiger partial charge in [0.05, 0.1) is 4.90 Å². The predicted molar refractivity (Wildman–Crippen MR) is 97.8 cm³/mol. The Labute approximate surface area is 150 Å². The molecule has 0 spiro atoms. The van der Waals surface area contributed by atoms with Gasteiger partial charge in [-0.25, -0.2) is 8.42 Å². The lowest BCUT2D eigenvalue weighted by molar-refractivity contribution is 0.142. The largest absolute Gasteiger partial charge is 0.303 e. The molecule has 0 aliphatic carbocycles. The fourth-order valence-corrected chi connectivity index (χ4v) is 5.49. The Morgan fingerprint density at radius 1 is 1.08 bits per heavy atom. The minimum absolute atomic E-state index is 0.304. The molecule has 1 aromatic carbocycles. The summed E-state index contributed by atoms with van der Waals surface area (Å²) in [6.07, 6.45) is 4.49. The van der Waals surface area contributed by atoms with Crippen molar-refractivity contribution in [2.45, 2.75) is 37.5 Å². The van der Waals surface area contributed by atoms with Gasteiger partial charge in [0.25, 0.3) is 0 Å². The normalized spacial score (nSPS) is 22.8. The number of hydrogen-bond acceptors (Lipinski definition) is 3. The fraction of sp³-hybridized carbons (Fsp3) is 0.667. The summed E-state index contributed by atoms with van der Waals surface area (Å²) in [5.41, 5.74) is 0. The van der Waals surface area contributed by atoms with Crippen molar-refractivity contribution in [3.8, 4) is 0 Å². The van der Waals surface area contributed by atoms with Crippen LogP contribution >= 0.6 is 11.6 Å². The minimum atomic E-state index is -3.41. The number of nitrogens with zero attached hydrogens (tertiary/aromatic N) is 2. The van der Waals surface area contributed by atoms with Crippen molar-refractivity contribution in [2.75, 3.05) is 32.7 Å². The van der Waals surface area contributed by atoms with Gasteiger partial charge in [-0.15, -0.1) is 0 Å². The second kappa shape index (κ2) is 7.73. The van der Waals surface area contributed by atoms with Crippen LogP contribution < -0.4 is 0 Å². The average Bonchev–Trinajstić information content (AvgIpc) is 2.57. The summed E-state index contributed by atoms with van der Waals surface area (Å²) in [5, 5.41) is 0.463. The van der Waals surface area contributed by atoms with Gasteiger partial charge >= 0.3 is 0 Å². The Hall–Kier alpha value is -0.620. The molecular weight excluding hydrogens is 344 g/mol. The van der Waals surface area contributed by atoms with E-state index in [1.165, 1.54) is 32.0 Å². The van der Waals surface area contributed by atoms with Crippen molar-refractivity contribution in [1.29, 1.82) is 0 Å². The molecular formula is C18H27ClN2O2S. The molecule has 134 valence electrons. The van der Waals surface area contributed by atoms with Crippen molar-refractivity contribution in [2.24, 2.45) is 11.8 Å². The molecule has 0 radical (unpaired) electrons. The monoisotopic (exact) mass is 370 g/mol. The zero-order chi connectivity index (χ0) is 17.2. The number of rotatable bonds is 4. The zero-order valence-electron chi connectivity index (χ0n) is 14.3. The first-order chi connectivity index (χ1) is 11.4. The molecule has 4 nitrogen and oxygen atoms in total. The SMILES string of the molecule is CC1CCN(CC2CCN(S(=O)(=O)c3cccc(Cl)c3)CC2)CC1. The van der Waals surface area contributed by atoms with Crippen LogP contribution in [0.2, 0.25) is 5.02 Å². The highest BCUT2D eigenvalue weighted by atomic mass is 35.5. The summed E-state index contributed by atoms with van der Waals surface area (Å²) in [5.74, 6) is 1.47. The number of piperidine rings is 2. The first-order valence-electron chi connectivity index (χ1n) is 8.93. The third kappa shape index (κ3) is 4.31. The standard InChI is InChI=1S/C18H27ClN2O2S/c1-15-5-9-20(10-6-15)14-16-7-11-21(12-8-16)24(22,23)18-4-2-3-17(19)13-18/h2-4,13,15-16H,5-12,14H2,1H3. The molecule has 0 saturated carbocycles. The maximum Gasteiger partial charge on any atom is 0.243 e. The summed E-state index contributed by atoms with van der Waals surface area (Å²) >= 11 is 5.94. The van der Waals surface area contributed by atoms with Crippen molar-refractivity contribution in [1.82, 2.24) is 9.21 Å². The summed E-state index contributed by atoms with van der Waals surface area (Å²) in [6.45, 7) is 7.08. The van der Waals surface area contributed by atoms with E-state index in [1.807, 2.05) is 0 Å². The van der Waals surface area contributed by atoms with Crippen LogP contribution in [0.1, 0.15) is 32.6 Å². The van der Waals surface area contributed by atoms with E-state index in [4.69, 9.17) is 11.6 Å². The molecule has 0 bridgehead atoms. The topological polar surface area (TPSA) is 40.6 Å². The van der Waals surface area contributed by atoms with Gasteiger partial charge in [0.15, 0.2) is 0 Å². The van der Waals surface area contributed by atoms with Crippen LogP contribution in [0.5, 0.6) is 0 Å². The minimum Gasteiger partial charge on any atom is -0.303 e. The molecule has 2 aliphatic rings. The highest BCUT2D eigenvalue weighted by Gasteiger charge is 2.30. The average molecular weight is 371 g/mol. The van der Waals surface area contributed by atoms with Crippen LogP contribution in [-0.2, 0) is 10.0 Å². The van der Waals surface area contributed by atoms with E-state index >= 15 is 0 Å². The molecule has 2 saturated heterocycles. The van der Waals surface area contributed by atoms with Crippen LogP contribution in [-0.4, -0.2) is 50.3 Å². The van der Waals surface area contributed by atoms with Gasteiger partial charge in [-0.05, 0) is 68.8 Å². The fourth-order valence-electron chi connectivity index (χ4n) is 3.72. The molecule has 0 unspecified atom stereocenters. The van der Waals surface area contributed by atoms with E-state index in [1.54, 1.807) is 22.5 Å². The lowest BCUT2D eigenvalue weighted by Crippen LogP contribution is -2.43. The van der Waals surface area contributed by atoms with Gasteiger partial charge in [0.1, 0.15) is 0 Å². The molecule has 0 amide bonds. The molecule has 0 N–H and O–H groups in total. The van der Waals surface area contributed by atoms with Crippen LogP contribution in [0.4, 0.5) is 0 Å². The molecule has 0 atom stereocenters. The first kappa shape index (κ1) is 18.2. The van der Waals surface area contributed by atoms with Gasteiger partial charge < -0.3 is 4.90 Å². The maximum absolute atomic E-state index is 12.7. The van der Waals surface area contributed by atoms with Crippen molar-refractivity contribution in [3.05, 3.63) is 29.3 Å². The smallest absolute Gasteiger partial charge is 0.243 e. The third-order valence-corrected chi connectivity index (χ3v) is 7.53. The number of halogens is 1. The molecule has 3 rings (SSSR count). The number of hydrogen-bond donors (Lipinski definition) is 0. The second-order valence-corrected chi connectivity index (χ2v) is 9.66. The van der Waals surface area contributed by atoms with E-state index in [2.05, 4.69) is 11.8 Å². The summed E-state index contributed by atoms with van der Waals surface area (Å²) < 4.78 is 27.1. The van der Waals surface area contributed by atoms with Crippen LogP contribution in [0.25, 0.3) is 0 Å². The quantitative estimate of drug-likeness (QED) is 0.814. The van der Waals surface area contributed by atoms with Crippen LogP contribution in [0.15, 0.2) is 29.2 Å². The van der Waals surface area contributed by atoms with Crippen molar-refractivity contribution >= 4 is 21.6 Å². The van der Waals surface area contributed by atoms with Gasteiger partial charge in [-0.3, -0.25) is 0 Å². The van der Waals surface area contributed by atoms with E-state index in [9.17, 15) is 8.42 Å². The van der Waals surface area contributed by atoms with Gasteiger partial charge in [0, 0.05) is 24.7 Å².